The highest BCUT2D eigenvalue weighted by molar-refractivity contribution is 7.89. The third-order valence-electron chi connectivity index (χ3n) is 3.15. The number of rotatable bonds is 5. The van der Waals surface area contributed by atoms with Gasteiger partial charge in [-0.3, -0.25) is 0 Å². The highest BCUT2D eigenvalue weighted by Crippen LogP contribution is 2.21. The SMILES string of the molecule is CCCN(CC)S(=O)(=O)c1ccc2nc(N)ccc2c1. The molecule has 5 nitrogen and oxygen atoms in total. The molecular weight excluding hydrogens is 274 g/mol. The standard InChI is InChI=1S/C14H19N3O2S/c1-3-9-17(4-2)20(18,19)12-6-7-13-11(10-12)5-8-14(15)16-13/h5-8,10H,3-4,9H2,1-2H3,(H2,15,16). The third kappa shape index (κ3) is 2.76. The average molecular weight is 293 g/mol. The zero-order valence-corrected chi connectivity index (χ0v) is 12.5. The smallest absolute Gasteiger partial charge is 0.243 e. The van der Waals surface area contributed by atoms with Gasteiger partial charge in [-0.2, -0.15) is 4.31 Å². The quantitative estimate of drug-likeness (QED) is 0.917. The van der Waals surface area contributed by atoms with Crippen molar-refractivity contribution in [1.29, 1.82) is 0 Å². The number of anilines is 1. The van der Waals surface area contributed by atoms with Crippen molar-refractivity contribution < 1.29 is 8.42 Å². The van der Waals surface area contributed by atoms with Gasteiger partial charge in [0.05, 0.1) is 10.4 Å². The largest absolute Gasteiger partial charge is 0.384 e. The fourth-order valence-corrected chi connectivity index (χ4v) is 3.70. The molecule has 6 heteroatoms. The number of hydrogen-bond donors (Lipinski definition) is 1. The first-order chi connectivity index (χ1) is 9.48. The molecule has 1 aromatic carbocycles. The Morgan fingerprint density at radius 3 is 2.60 bits per heavy atom. The normalized spacial score (nSPS) is 12.2. The molecule has 1 heterocycles. The van der Waals surface area contributed by atoms with E-state index in [4.69, 9.17) is 5.73 Å². The lowest BCUT2D eigenvalue weighted by molar-refractivity contribution is 0.427. The van der Waals surface area contributed by atoms with Crippen LogP contribution in [0.15, 0.2) is 35.2 Å². The van der Waals surface area contributed by atoms with Crippen molar-refractivity contribution in [2.75, 3.05) is 18.8 Å². The molecule has 2 N–H and O–H groups in total. The van der Waals surface area contributed by atoms with Gasteiger partial charge < -0.3 is 5.73 Å². The Labute approximate surface area is 119 Å². The summed E-state index contributed by atoms with van der Waals surface area (Å²) in [6.07, 6.45) is 0.790. The van der Waals surface area contributed by atoms with Crippen LogP contribution < -0.4 is 5.73 Å². The summed E-state index contributed by atoms with van der Waals surface area (Å²) < 4.78 is 26.6. The van der Waals surface area contributed by atoms with Gasteiger partial charge in [0.25, 0.3) is 0 Å². The third-order valence-corrected chi connectivity index (χ3v) is 5.12. The molecule has 0 fully saturated rings. The summed E-state index contributed by atoms with van der Waals surface area (Å²) in [6.45, 7) is 4.80. The van der Waals surface area contributed by atoms with Gasteiger partial charge in [-0.15, -0.1) is 0 Å². The van der Waals surface area contributed by atoms with Gasteiger partial charge in [-0.05, 0) is 36.8 Å². The minimum Gasteiger partial charge on any atom is -0.384 e. The summed E-state index contributed by atoms with van der Waals surface area (Å²) in [5.41, 5.74) is 6.32. The molecule has 2 aromatic rings. The minimum atomic E-state index is -3.44. The Morgan fingerprint density at radius 1 is 1.20 bits per heavy atom. The molecule has 0 unspecified atom stereocenters. The van der Waals surface area contributed by atoms with Crippen LogP contribution in [-0.4, -0.2) is 30.8 Å². The Morgan fingerprint density at radius 2 is 1.95 bits per heavy atom. The van der Waals surface area contributed by atoms with E-state index in [1.165, 1.54) is 4.31 Å². The molecular formula is C14H19N3O2S. The van der Waals surface area contributed by atoms with E-state index >= 15 is 0 Å². The first-order valence-electron chi connectivity index (χ1n) is 6.65. The average Bonchev–Trinajstić information content (AvgIpc) is 2.43. The van der Waals surface area contributed by atoms with E-state index in [1.807, 2.05) is 13.8 Å². The van der Waals surface area contributed by atoms with Crippen LogP contribution in [0.4, 0.5) is 5.82 Å². The number of fused-ring (bicyclic) bond motifs is 1. The predicted octanol–water partition coefficient (Wildman–Crippen LogP) is 2.24. The van der Waals surface area contributed by atoms with Crippen LogP contribution in [0.1, 0.15) is 20.3 Å². The molecule has 0 bridgehead atoms. The number of benzene rings is 1. The Kier molecular flexibility index (Phi) is 4.25. The van der Waals surface area contributed by atoms with Crippen molar-refractivity contribution in [3.05, 3.63) is 30.3 Å². The van der Waals surface area contributed by atoms with Gasteiger partial charge in [0.15, 0.2) is 0 Å². The number of nitrogens with two attached hydrogens (primary N) is 1. The van der Waals surface area contributed by atoms with Crippen molar-refractivity contribution in [3.8, 4) is 0 Å². The van der Waals surface area contributed by atoms with Crippen molar-refractivity contribution in [2.45, 2.75) is 25.2 Å². The second-order valence-corrected chi connectivity index (χ2v) is 6.53. The van der Waals surface area contributed by atoms with Crippen LogP contribution >= 0.6 is 0 Å². The molecule has 0 spiro atoms. The van der Waals surface area contributed by atoms with Crippen LogP contribution in [0.25, 0.3) is 10.9 Å². The maximum absolute atomic E-state index is 12.5. The van der Waals surface area contributed by atoms with Crippen molar-refractivity contribution >= 4 is 26.7 Å². The number of aromatic nitrogens is 1. The monoisotopic (exact) mass is 293 g/mol. The minimum absolute atomic E-state index is 0.298. The van der Waals surface area contributed by atoms with E-state index in [9.17, 15) is 8.42 Å². The highest BCUT2D eigenvalue weighted by Gasteiger charge is 2.22. The fourth-order valence-electron chi connectivity index (χ4n) is 2.13. The fraction of sp³-hybridized carbons (Fsp3) is 0.357. The van der Waals surface area contributed by atoms with E-state index in [1.54, 1.807) is 30.3 Å². The second-order valence-electron chi connectivity index (χ2n) is 4.59. The maximum Gasteiger partial charge on any atom is 0.243 e. The van der Waals surface area contributed by atoms with E-state index in [2.05, 4.69) is 4.98 Å². The van der Waals surface area contributed by atoms with Gasteiger partial charge in [0.1, 0.15) is 5.82 Å². The Balaban J connectivity index is 2.49. The van der Waals surface area contributed by atoms with E-state index in [-0.39, 0.29) is 0 Å². The summed E-state index contributed by atoms with van der Waals surface area (Å²) in [5.74, 6) is 0.425. The lowest BCUT2D eigenvalue weighted by Crippen LogP contribution is -2.31. The molecule has 2 rings (SSSR count). The summed E-state index contributed by atoms with van der Waals surface area (Å²) in [4.78, 5) is 4.47. The molecule has 0 aliphatic rings. The molecule has 108 valence electrons. The predicted molar refractivity (Wildman–Crippen MR) is 80.9 cm³/mol. The van der Waals surface area contributed by atoms with Gasteiger partial charge in [-0.25, -0.2) is 13.4 Å². The maximum atomic E-state index is 12.5. The molecule has 0 aliphatic carbocycles. The lowest BCUT2D eigenvalue weighted by Gasteiger charge is -2.19. The molecule has 0 saturated carbocycles. The molecule has 0 amide bonds. The Bertz CT molecular complexity index is 713. The zero-order valence-electron chi connectivity index (χ0n) is 11.7. The summed E-state index contributed by atoms with van der Waals surface area (Å²) in [7, 11) is -3.44. The molecule has 20 heavy (non-hydrogen) atoms. The molecule has 0 saturated heterocycles. The van der Waals surface area contributed by atoms with Gasteiger partial charge in [0, 0.05) is 18.5 Å². The summed E-state index contributed by atoms with van der Waals surface area (Å²) in [6, 6.07) is 8.38. The number of hydrogen-bond acceptors (Lipinski definition) is 4. The van der Waals surface area contributed by atoms with Crippen LogP contribution in [0.5, 0.6) is 0 Å². The first kappa shape index (κ1) is 14.7. The molecule has 0 radical (unpaired) electrons. The van der Waals surface area contributed by atoms with Crippen LogP contribution in [0, 0.1) is 0 Å². The first-order valence-corrected chi connectivity index (χ1v) is 8.09. The van der Waals surface area contributed by atoms with E-state index in [0.29, 0.717) is 29.3 Å². The van der Waals surface area contributed by atoms with Crippen molar-refractivity contribution in [2.24, 2.45) is 0 Å². The molecule has 0 aliphatic heterocycles. The topological polar surface area (TPSA) is 76.3 Å². The zero-order chi connectivity index (χ0) is 14.8. The summed E-state index contributed by atoms with van der Waals surface area (Å²) in [5, 5.41) is 0.771. The Hall–Kier alpha value is -1.66. The molecule has 1 aromatic heterocycles. The lowest BCUT2D eigenvalue weighted by atomic mass is 10.2. The van der Waals surface area contributed by atoms with Crippen molar-refractivity contribution in [3.63, 3.8) is 0 Å². The van der Waals surface area contributed by atoms with E-state index < -0.39 is 10.0 Å². The highest BCUT2D eigenvalue weighted by atomic mass is 32.2. The number of nitrogens with zero attached hydrogens (tertiary/aromatic N) is 2. The van der Waals surface area contributed by atoms with Gasteiger partial charge in [-0.1, -0.05) is 13.8 Å². The number of nitrogen functional groups attached to an aromatic ring is 1. The van der Waals surface area contributed by atoms with E-state index in [0.717, 1.165) is 11.8 Å². The van der Waals surface area contributed by atoms with Crippen LogP contribution in [0.2, 0.25) is 0 Å². The van der Waals surface area contributed by atoms with Crippen LogP contribution in [-0.2, 0) is 10.0 Å². The van der Waals surface area contributed by atoms with Gasteiger partial charge >= 0.3 is 0 Å². The van der Waals surface area contributed by atoms with Crippen LogP contribution in [0.3, 0.4) is 0 Å². The van der Waals surface area contributed by atoms with Crippen molar-refractivity contribution in [1.82, 2.24) is 9.29 Å². The van der Waals surface area contributed by atoms with Gasteiger partial charge in [0.2, 0.25) is 10.0 Å². The summed E-state index contributed by atoms with van der Waals surface area (Å²) >= 11 is 0. The number of sulfonamides is 1. The molecule has 0 atom stereocenters. The number of pyridine rings is 1. The second kappa shape index (κ2) is 5.76.